The summed E-state index contributed by atoms with van der Waals surface area (Å²) in [5.74, 6) is 1.43. The van der Waals surface area contributed by atoms with Crippen molar-refractivity contribution in [2.24, 2.45) is 0 Å². The number of carbonyl (C=O) groups is 1. The molecular formula is C20H20Cl2N4O2S. The summed E-state index contributed by atoms with van der Waals surface area (Å²) in [5, 5.41) is 13.1. The number of hydrogen-bond acceptors (Lipinski definition) is 5. The lowest BCUT2D eigenvalue weighted by molar-refractivity contribution is -0.113. The topological polar surface area (TPSA) is 69.0 Å². The number of carbonyl (C=O) groups excluding carboxylic acids is 1. The van der Waals surface area contributed by atoms with Crippen LogP contribution in [0, 0.1) is 6.92 Å². The fourth-order valence-corrected chi connectivity index (χ4v) is 3.71. The van der Waals surface area contributed by atoms with E-state index in [0.717, 1.165) is 5.56 Å². The standard InChI is InChI=1S/C20H20Cl2N4O2S/c1-3-26-18(11-28-14-8-9-15(21)13(2)10-14)24-25-20(26)29-12-19(27)23-17-7-5-4-6-16(17)22/h4-10H,3,11-12H2,1-2H3,(H,23,27). The average Bonchev–Trinajstić information content (AvgIpc) is 3.11. The largest absolute Gasteiger partial charge is 0.486 e. The van der Waals surface area contributed by atoms with Crippen molar-refractivity contribution in [3.63, 3.8) is 0 Å². The Balaban J connectivity index is 1.59. The molecule has 1 aromatic heterocycles. The molecule has 0 saturated heterocycles. The number of rotatable bonds is 8. The molecule has 0 bridgehead atoms. The molecule has 0 saturated carbocycles. The number of amides is 1. The second-order valence-corrected chi connectivity index (χ2v) is 7.92. The van der Waals surface area contributed by atoms with Crippen LogP contribution in [0.15, 0.2) is 47.6 Å². The maximum Gasteiger partial charge on any atom is 0.234 e. The summed E-state index contributed by atoms with van der Waals surface area (Å²) in [7, 11) is 0. The zero-order chi connectivity index (χ0) is 20.8. The van der Waals surface area contributed by atoms with E-state index >= 15 is 0 Å². The van der Waals surface area contributed by atoms with Crippen LogP contribution in [0.25, 0.3) is 0 Å². The average molecular weight is 451 g/mol. The minimum atomic E-state index is -0.164. The molecule has 0 fully saturated rings. The lowest BCUT2D eigenvalue weighted by Crippen LogP contribution is -2.15. The van der Waals surface area contributed by atoms with E-state index in [1.165, 1.54) is 11.8 Å². The van der Waals surface area contributed by atoms with Crippen LogP contribution in [-0.2, 0) is 17.9 Å². The summed E-state index contributed by atoms with van der Waals surface area (Å²) >= 11 is 13.4. The van der Waals surface area contributed by atoms with Crippen LogP contribution in [0.3, 0.4) is 0 Å². The number of ether oxygens (including phenoxy) is 1. The quantitative estimate of drug-likeness (QED) is 0.476. The van der Waals surface area contributed by atoms with E-state index in [9.17, 15) is 4.79 Å². The number of aryl methyl sites for hydroxylation is 1. The highest BCUT2D eigenvalue weighted by Gasteiger charge is 2.14. The van der Waals surface area contributed by atoms with Crippen LogP contribution in [0.4, 0.5) is 5.69 Å². The van der Waals surface area contributed by atoms with Gasteiger partial charge in [-0.15, -0.1) is 10.2 Å². The Bertz CT molecular complexity index is 1010. The summed E-state index contributed by atoms with van der Waals surface area (Å²) in [6.45, 7) is 4.85. The van der Waals surface area contributed by atoms with Crippen molar-refractivity contribution in [1.29, 1.82) is 0 Å². The second-order valence-electron chi connectivity index (χ2n) is 6.16. The number of benzene rings is 2. The number of para-hydroxylation sites is 1. The lowest BCUT2D eigenvalue weighted by Gasteiger charge is -2.10. The first-order valence-corrected chi connectivity index (χ1v) is 10.7. The Kier molecular flexibility index (Phi) is 7.41. The molecule has 29 heavy (non-hydrogen) atoms. The minimum absolute atomic E-state index is 0.164. The number of hydrogen-bond donors (Lipinski definition) is 1. The SMILES string of the molecule is CCn1c(COc2ccc(Cl)c(C)c2)nnc1SCC(=O)Nc1ccccc1Cl. The van der Waals surface area contributed by atoms with E-state index in [-0.39, 0.29) is 18.3 Å². The Morgan fingerprint density at radius 2 is 1.97 bits per heavy atom. The number of halogens is 2. The van der Waals surface area contributed by atoms with Crippen molar-refractivity contribution in [1.82, 2.24) is 14.8 Å². The molecule has 3 rings (SSSR count). The number of nitrogens with one attached hydrogen (secondary N) is 1. The number of anilines is 1. The van der Waals surface area contributed by atoms with Crippen LogP contribution >= 0.6 is 35.0 Å². The van der Waals surface area contributed by atoms with Crippen LogP contribution in [0.2, 0.25) is 10.0 Å². The molecule has 0 unspecified atom stereocenters. The Morgan fingerprint density at radius 1 is 1.17 bits per heavy atom. The fraction of sp³-hybridized carbons (Fsp3) is 0.250. The molecule has 0 aliphatic rings. The van der Waals surface area contributed by atoms with Gasteiger partial charge in [-0.25, -0.2) is 0 Å². The third-order valence-corrected chi connectivity index (χ3v) is 5.81. The summed E-state index contributed by atoms with van der Waals surface area (Å²) < 4.78 is 7.74. The van der Waals surface area contributed by atoms with Gasteiger partial charge in [0.25, 0.3) is 0 Å². The van der Waals surface area contributed by atoms with E-state index in [2.05, 4.69) is 15.5 Å². The third kappa shape index (κ3) is 5.65. The first-order valence-electron chi connectivity index (χ1n) is 8.96. The number of thioether (sulfide) groups is 1. The van der Waals surface area contributed by atoms with Crippen molar-refractivity contribution in [3.8, 4) is 5.75 Å². The zero-order valence-electron chi connectivity index (χ0n) is 16.0. The molecule has 1 amide bonds. The summed E-state index contributed by atoms with van der Waals surface area (Å²) in [4.78, 5) is 12.2. The molecule has 152 valence electrons. The Labute approximate surface area is 183 Å². The van der Waals surface area contributed by atoms with Gasteiger partial charge in [-0.2, -0.15) is 0 Å². The highest BCUT2D eigenvalue weighted by atomic mass is 35.5. The third-order valence-electron chi connectivity index (χ3n) is 4.09. The molecule has 6 nitrogen and oxygen atoms in total. The number of nitrogens with zero attached hydrogens (tertiary/aromatic N) is 3. The van der Waals surface area contributed by atoms with Crippen LogP contribution < -0.4 is 10.1 Å². The Morgan fingerprint density at radius 3 is 2.69 bits per heavy atom. The van der Waals surface area contributed by atoms with Gasteiger partial charge in [0.2, 0.25) is 5.91 Å². The van der Waals surface area contributed by atoms with Crippen molar-refractivity contribution < 1.29 is 9.53 Å². The molecule has 0 aliphatic carbocycles. The molecule has 0 radical (unpaired) electrons. The van der Waals surface area contributed by atoms with Gasteiger partial charge in [-0.1, -0.05) is 47.1 Å². The van der Waals surface area contributed by atoms with E-state index in [0.29, 0.717) is 39.0 Å². The minimum Gasteiger partial charge on any atom is -0.486 e. The van der Waals surface area contributed by atoms with Gasteiger partial charge in [0.05, 0.1) is 16.5 Å². The predicted molar refractivity (Wildman–Crippen MR) is 117 cm³/mol. The van der Waals surface area contributed by atoms with Crippen LogP contribution in [0.5, 0.6) is 5.75 Å². The molecular weight excluding hydrogens is 431 g/mol. The molecule has 1 heterocycles. The van der Waals surface area contributed by atoms with Crippen LogP contribution in [-0.4, -0.2) is 26.4 Å². The van der Waals surface area contributed by atoms with Gasteiger partial charge < -0.3 is 14.6 Å². The van der Waals surface area contributed by atoms with Gasteiger partial charge in [0.15, 0.2) is 11.0 Å². The summed E-state index contributed by atoms with van der Waals surface area (Å²) in [6, 6.07) is 12.6. The highest BCUT2D eigenvalue weighted by Crippen LogP contribution is 2.24. The molecule has 3 aromatic rings. The normalized spacial score (nSPS) is 10.8. The summed E-state index contributed by atoms with van der Waals surface area (Å²) in [6.07, 6.45) is 0. The zero-order valence-corrected chi connectivity index (χ0v) is 18.3. The van der Waals surface area contributed by atoms with Gasteiger partial charge in [0, 0.05) is 11.6 Å². The van der Waals surface area contributed by atoms with Crippen molar-refractivity contribution >= 4 is 46.6 Å². The van der Waals surface area contributed by atoms with Crippen LogP contribution in [0.1, 0.15) is 18.3 Å². The first kappa shape index (κ1) is 21.5. The maximum absolute atomic E-state index is 12.2. The lowest BCUT2D eigenvalue weighted by atomic mass is 10.2. The molecule has 0 aliphatic heterocycles. The highest BCUT2D eigenvalue weighted by molar-refractivity contribution is 7.99. The summed E-state index contributed by atoms with van der Waals surface area (Å²) in [5.41, 5.74) is 1.53. The smallest absolute Gasteiger partial charge is 0.234 e. The van der Waals surface area contributed by atoms with E-state index in [1.807, 2.05) is 42.7 Å². The van der Waals surface area contributed by atoms with Gasteiger partial charge in [0.1, 0.15) is 12.4 Å². The van der Waals surface area contributed by atoms with Gasteiger partial charge in [-0.05, 0) is 49.7 Å². The van der Waals surface area contributed by atoms with Crippen molar-refractivity contribution in [2.45, 2.75) is 32.2 Å². The van der Waals surface area contributed by atoms with E-state index in [4.69, 9.17) is 27.9 Å². The van der Waals surface area contributed by atoms with E-state index in [1.54, 1.807) is 18.2 Å². The van der Waals surface area contributed by atoms with Crippen molar-refractivity contribution in [2.75, 3.05) is 11.1 Å². The molecule has 0 atom stereocenters. The van der Waals surface area contributed by atoms with Gasteiger partial charge >= 0.3 is 0 Å². The Hall–Kier alpha value is -2.22. The van der Waals surface area contributed by atoms with Crippen molar-refractivity contribution in [3.05, 3.63) is 63.9 Å². The maximum atomic E-state index is 12.2. The molecule has 1 N–H and O–H groups in total. The van der Waals surface area contributed by atoms with Gasteiger partial charge in [-0.3, -0.25) is 4.79 Å². The molecule has 0 spiro atoms. The molecule has 9 heteroatoms. The fourth-order valence-electron chi connectivity index (χ4n) is 2.58. The number of aromatic nitrogens is 3. The second kappa shape index (κ2) is 10.0. The predicted octanol–water partition coefficient (Wildman–Crippen LogP) is 5.22. The monoisotopic (exact) mass is 450 g/mol. The molecule has 2 aromatic carbocycles. The van der Waals surface area contributed by atoms with E-state index < -0.39 is 0 Å². The first-order chi connectivity index (χ1) is 14.0.